The molecule has 0 bridgehead atoms. The summed E-state index contributed by atoms with van der Waals surface area (Å²) < 4.78 is 2.21. The molecule has 2 aromatic rings. The first kappa shape index (κ1) is 13.9. The van der Waals surface area contributed by atoms with Crippen LogP contribution >= 0.6 is 11.6 Å². The summed E-state index contributed by atoms with van der Waals surface area (Å²) in [7, 11) is 0. The lowest BCUT2D eigenvalue weighted by atomic mass is 9.74. The number of aromatic nitrogens is 2. The van der Waals surface area contributed by atoms with Gasteiger partial charge in [-0.3, -0.25) is 4.68 Å². The summed E-state index contributed by atoms with van der Waals surface area (Å²) >= 11 is 6.33. The van der Waals surface area contributed by atoms with Crippen LogP contribution in [-0.4, -0.2) is 9.78 Å². The van der Waals surface area contributed by atoms with Crippen LogP contribution in [0.15, 0.2) is 24.3 Å². The van der Waals surface area contributed by atoms with Gasteiger partial charge in [0.1, 0.15) is 0 Å². The van der Waals surface area contributed by atoms with Gasteiger partial charge in [0.25, 0.3) is 0 Å². The maximum atomic E-state index is 6.33. The summed E-state index contributed by atoms with van der Waals surface area (Å²) in [5.41, 5.74) is 1.18. The lowest BCUT2D eigenvalue weighted by Crippen LogP contribution is -2.30. The highest BCUT2D eigenvalue weighted by atomic mass is 35.5. The minimum atomic E-state index is 0.483. The summed E-state index contributed by atoms with van der Waals surface area (Å²) in [6.45, 7) is 7.03. The molecule has 0 radical (unpaired) electrons. The van der Waals surface area contributed by atoms with Gasteiger partial charge in [-0.05, 0) is 42.7 Å². The zero-order chi connectivity index (χ0) is 14.3. The predicted octanol–water partition coefficient (Wildman–Crippen LogP) is 5.32. The molecule has 0 saturated heterocycles. The van der Waals surface area contributed by atoms with Gasteiger partial charge < -0.3 is 0 Å². The lowest BCUT2D eigenvalue weighted by Gasteiger charge is -2.37. The molecule has 3 rings (SSSR count). The van der Waals surface area contributed by atoms with Crippen LogP contribution in [0.1, 0.15) is 46.1 Å². The fraction of sp³-hybridized carbons (Fsp3) is 0.588. The second kappa shape index (κ2) is 5.40. The van der Waals surface area contributed by atoms with Gasteiger partial charge in [-0.25, -0.2) is 0 Å². The van der Waals surface area contributed by atoms with E-state index in [2.05, 4.69) is 48.8 Å². The van der Waals surface area contributed by atoms with E-state index in [1.54, 1.807) is 0 Å². The minimum absolute atomic E-state index is 0.483. The van der Waals surface area contributed by atoms with Gasteiger partial charge in [0.15, 0.2) is 5.15 Å². The van der Waals surface area contributed by atoms with Crippen molar-refractivity contribution in [3.63, 3.8) is 0 Å². The Labute approximate surface area is 126 Å². The van der Waals surface area contributed by atoms with Crippen molar-refractivity contribution in [2.45, 2.75) is 46.1 Å². The summed E-state index contributed by atoms with van der Waals surface area (Å²) in [4.78, 5) is 0. The number of para-hydroxylation sites is 1. The SMILES string of the molecule is CC(C)[C@@H]1CC[C@@H](C)CC1n1nc(Cl)c2ccccc21. The molecule has 3 atom stereocenters. The Kier molecular flexibility index (Phi) is 3.76. The highest BCUT2D eigenvalue weighted by molar-refractivity contribution is 6.34. The lowest BCUT2D eigenvalue weighted by molar-refractivity contribution is 0.143. The highest BCUT2D eigenvalue weighted by Crippen LogP contribution is 2.42. The largest absolute Gasteiger partial charge is 0.260 e. The average Bonchev–Trinajstić information content (AvgIpc) is 2.76. The van der Waals surface area contributed by atoms with E-state index in [1.807, 2.05) is 6.07 Å². The molecule has 1 aromatic heterocycles. The molecule has 1 unspecified atom stereocenters. The second-order valence-corrected chi connectivity index (χ2v) is 7.00. The van der Waals surface area contributed by atoms with Crippen LogP contribution in [0.5, 0.6) is 0 Å². The Morgan fingerprint density at radius 3 is 2.75 bits per heavy atom. The molecule has 1 fully saturated rings. The fourth-order valence-electron chi connectivity index (χ4n) is 3.74. The van der Waals surface area contributed by atoms with Gasteiger partial charge in [-0.1, -0.05) is 50.9 Å². The van der Waals surface area contributed by atoms with Gasteiger partial charge in [0, 0.05) is 5.39 Å². The molecule has 1 aromatic carbocycles. The van der Waals surface area contributed by atoms with Crippen molar-refractivity contribution < 1.29 is 0 Å². The molecule has 1 saturated carbocycles. The molecule has 0 aliphatic heterocycles. The van der Waals surface area contributed by atoms with E-state index in [0.29, 0.717) is 23.0 Å². The molecular weight excluding hydrogens is 268 g/mol. The number of nitrogens with zero attached hydrogens (tertiary/aromatic N) is 2. The van der Waals surface area contributed by atoms with E-state index >= 15 is 0 Å². The van der Waals surface area contributed by atoms with Gasteiger partial charge in [-0.15, -0.1) is 0 Å². The smallest absolute Gasteiger partial charge is 0.158 e. The third-order valence-electron chi connectivity index (χ3n) is 4.87. The Balaban J connectivity index is 2.07. The van der Waals surface area contributed by atoms with Crippen LogP contribution in [0, 0.1) is 17.8 Å². The number of rotatable bonds is 2. The summed E-state index contributed by atoms with van der Waals surface area (Å²) in [6, 6.07) is 8.80. The molecule has 0 N–H and O–H groups in total. The van der Waals surface area contributed by atoms with Crippen molar-refractivity contribution in [1.29, 1.82) is 0 Å². The monoisotopic (exact) mass is 290 g/mol. The van der Waals surface area contributed by atoms with Crippen LogP contribution in [0.2, 0.25) is 5.15 Å². The quantitative estimate of drug-likeness (QED) is 0.731. The first-order chi connectivity index (χ1) is 9.58. The van der Waals surface area contributed by atoms with Gasteiger partial charge in [0.2, 0.25) is 0 Å². The molecule has 108 valence electrons. The van der Waals surface area contributed by atoms with Crippen molar-refractivity contribution in [2.75, 3.05) is 0 Å². The number of halogens is 1. The molecule has 20 heavy (non-hydrogen) atoms. The van der Waals surface area contributed by atoms with Crippen LogP contribution in [0.4, 0.5) is 0 Å². The Morgan fingerprint density at radius 2 is 2.00 bits per heavy atom. The number of fused-ring (bicyclic) bond motifs is 1. The van der Waals surface area contributed by atoms with E-state index in [0.717, 1.165) is 11.3 Å². The minimum Gasteiger partial charge on any atom is -0.260 e. The van der Waals surface area contributed by atoms with Gasteiger partial charge in [-0.2, -0.15) is 5.10 Å². The normalized spacial score (nSPS) is 27.4. The van der Waals surface area contributed by atoms with Crippen LogP contribution < -0.4 is 0 Å². The molecule has 2 nitrogen and oxygen atoms in total. The topological polar surface area (TPSA) is 17.8 Å². The van der Waals surface area contributed by atoms with Crippen molar-refractivity contribution in [1.82, 2.24) is 9.78 Å². The predicted molar refractivity (Wildman–Crippen MR) is 85.1 cm³/mol. The first-order valence-electron chi connectivity index (χ1n) is 7.70. The summed E-state index contributed by atoms with van der Waals surface area (Å²) in [5.74, 6) is 2.16. The summed E-state index contributed by atoms with van der Waals surface area (Å²) in [5, 5.41) is 6.38. The molecule has 1 heterocycles. The van der Waals surface area contributed by atoms with Gasteiger partial charge >= 0.3 is 0 Å². The standard InChI is InChI=1S/C17H23ClN2/c1-11(2)13-9-8-12(3)10-16(13)20-15-7-5-4-6-14(15)17(18)19-20/h4-7,11-13,16H,8-10H2,1-3H3/t12-,13+,16?/m1/s1. The second-order valence-electron chi connectivity index (χ2n) is 6.65. The van der Waals surface area contributed by atoms with Gasteiger partial charge in [0.05, 0.1) is 11.6 Å². The van der Waals surface area contributed by atoms with Crippen molar-refractivity contribution in [3.05, 3.63) is 29.4 Å². The highest BCUT2D eigenvalue weighted by Gasteiger charge is 2.33. The number of hydrogen-bond donors (Lipinski definition) is 0. The maximum Gasteiger partial charge on any atom is 0.158 e. The molecule has 0 spiro atoms. The Bertz CT molecular complexity index is 602. The first-order valence-corrected chi connectivity index (χ1v) is 8.08. The van der Waals surface area contributed by atoms with E-state index in [9.17, 15) is 0 Å². The number of hydrogen-bond acceptors (Lipinski definition) is 1. The Morgan fingerprint density at radius 1 is 1.25 bits per heavy atom. The van der Waals surface area contributed by atoms with E-state index in [1.165, 1.54) is 24.8 Å². The molecular formula is C17H23ClN2. The van der Waals surface area contributed by atoms with Crippen LogP contribution in [0.25, 0.3) is 10.9 Å². The van der Waals surface area contributed by atoms with E-state index in [4.69, 9.17) is 11.6 Å². The number of benzene rings is 1. The average molecular weight is 291 g/mol. The molecule has 1 aliphatic rings. The zero-order valence-electron chi connectivity index (χ0n) is 12.5. The molecule has 1 aliphatic carbocycles. The summed E-state index contributed by atoms with van der Waals surface area (Å²) in [6.07, 6.45) is 3.85. The van der Waals surface area contributed by atoms with Crippen LogP contribution in [0.3, 0.4) is 0 Å². The third-order valence-corrected chi connectivity index (χ3v) is 5.15. The van der Waals surface area contributed by atoms with Crippen molar-refractivity contribution in [3.8, 4) is 0 Å². The zero-order valence-corrected chi connectivity index (χ0v) is 13.3. The molecule has 0 amide bonds. The molecule has 3 heteroatoms. The Hall–Kier alpha value is -1.02. The van der Waals surface area contributed by atoms with Crippen LogP contribution in [-0.2, 0) is 0 Å². The maximum absolute atomic E-state index is 6.33. The van der Waals surface area contributed by atoms with E-state index in [-0.39, 0.29) is 0 Å². The third kappa shape index (κ3) is 2.35. The van der Waals surface area contributed by atoms with Crippen molar-refractivity contribution in [2.24, 2.45) is 17.8 Å². The van der Waals surface area contributed by atoms with E-state index < -0.39 is 0 Å². The fourth-order valence-corrected chi connectivity index (χ4v) is 3.98. The van der Waals surface area contributed by atoms with Crippen molar-refractivity contribution >= 4 is 22.5 Å².